The van der Waals surface area contributed by atoms with Gasteiger partial charge in [-0.05, 0) is 18.3 Å². The Kier molecular flexibility index (Phi) is 2.19. The van der Waals surface area contributed by atoms with E-state index in [2.05, 4.69) is 25.7 Å². The molecule has 2 unspecified atom stereocenters. The fourth-order valence-electron chi connectivity index (χ4n) is 2.25. The molecule has 2 nitrogen and oxygen atoms in total. The van der Waals surface area contributed by atoms with E-state index in [9.17, 15) is 4.79 Å². The highest BCUT2D eigenvalue weighted by atomic mass is 32.2. The minimum atomic E-state index is 0.222. The van der Waals surface area contributed by atoms with Gasteiger partial charge in [0.2, 0.25) is 5.12 Å². The van der Waals surface area contributed by atoms with Gasteiger partial charge in [-0.1, -0.05) is 32.5 Å². The van der Waals surface area contributed by atoms with Crippen LogP contribution in [0.4, 0.5) is 0 Å². The number of rotatable bonds is 0. The number of carbonyl (C=O) groups is 1. The van der Waals surface area contributed by atoms with Gasteiger partial charge in [-0.3, -0.25) is 9.69 Å². The van der Waals surface area contributed by atoms with E-state index < -0.39 is 0 Å². The summed E-state index contributed by atoms with van der Waals surface area (Å²) >= 11 is 1.55. The lowest BCUT2D eigenvalue weighted by Gasteiger charge is -2.32. The molecule has 0 saturated carbocycles. The Balaban J connectivity index is 2.20. The van der Waals surface area contributed by atoms with Crippen LogP contribution in [0.1, 0.15) is 33.6 Å². The van der Waals surface area contributed by atoms with Crippen LogP contribution >= 0.6 is 11.8 Å². The van der Waals surface area contributed by atoms with Gasteiger partial charge < -0.3 is 0 Å². The quantitative estimate of drug-likeness (QED) is 0.596. The zero-order valence-corrected chi connectivity index (χ0v) is 9.36. The summed E-state index contributed by atoms with van der Waals surface area (Å²) in [6.45, 7) is 7.78. The third-order valence-electron chi connectivity index (χ3n) is 2.84. The molecule has 74 valence electrons. The van der Waals surface area contributed by atoms with Crippen molar-refractivity contribution in [3.05, 3.63) is 0 Å². The van der Waals surface area contributed by atoms with Crippen molar-refractivity contribution in [2.24, 2.45) is 5.41 Å². The number of thioether (sulfide) groups is 1. The second kappa shape index (κ2) is 2.99. The van der Waals surface area contributed by atoms with Crippen LogP contribution < -0.4 is 0 Å². The van der Waals surface area contributed by atoms with Crippen LogP contribution in [0.15, 0.2) is 0 Å². The maximum absolute atomic E-state index is 11.6. The number of fused-ring (bicyclic) bond motifs is 1. The highest BCUT2D eigenvalue weighted by Crippen LogP contribution is 2.44. The van der Waals surface area contributed by atoms with Crippen molar-refractivity contribution in [2.45, 2.75) is 45.0 Å². The fraction of sp³-hybridized carbons (Fsp3) is 0.900. The van der Waals surface area contributed by atoms with Crippen LogP contribution in [0.5, 0.6) is 0 Å². The highest BCUT2D eigenvalue weighted by molar-refractivity contribution is 8.14. The third-order valence-corrected chi connectivity index (χ3v) is 4.54. The first-order valence-electron chi connectivity index (χ1n) is 4.96. The standard InChI is InChI=1S/C10H17NOS/c1-10(2,3)9-11-6-4-5-7(11)8(12)13-9/h7,9H,4-6H2,1-3H3. The van der Waals surface area contributed by atoms with E-state index in [1.807, 2.05) is 0 Å². The zero-order valence-electron chi connectivity index (χ0n) is 8.54. The molecule has 2 atom stereocenters. The zero-order chi connectivity index (χ0) is 9.64. The van der Waals surface area contributed by atoms with Crippen LogP contribution in [0.2, 0.25) is 0 Å². The first-order valence-corrected chi connectivity index (χ1v) is 5.84. The Morgan fingerprint density at radius 1 is 1.46 bits per heavy atom. The number of nitrogens with zero attached hydrogens (tertiary/aromatic N) is 1. The Hall–Kier alpha value is -0.0200. The topological polar surface area (TPSA) is 20.3 Å². The first-order chi connectivity index (χ1) is 6.00. The van der Waals surface area contributed by atoms with Gasteiger partial charge >= 0.3 is 0 Å². The van der Waals surface area contributed by atoms with Gasteiger partial charge in [0, 0.05) is 6.54 Å². The van der Waals surface area contributed by atoms with Gasteiger partial charge in [0.15, 0.2) is 0 Å². The lowest BCUT2D eigenvalue weighted by Crippen LogP contribution is -2.39. The van der Waals surface area contributed by atoms with Crippen molar-refractivity contribution in [3.8, 4) is 0 Å². The van der Waals surface area contributed by atoms with Crippen molar-refractivity contribution < 1.29 is 4.79 Å². The summed E-state index contributed by atoms with van der Waals surface area (Å²) in [6.07, 6.45) is 2.28. The second-order valence-electron chi connectivity index (χ2n) is 5.05. The van der Waals surface area contributed by atoms with Crippen molar-refractivity contribution in [3.63, 3.8) is 0 Å². The van der Waals surface area contributed by atoms with Crippen molar-refractivity contribution in [1.82, 2.24) is 4.90 Å². The van der Waals surface area contributed by atoms with Crippen molar-refractivity contribution in [1.29, 1.82) is 0 Å². The summed E-state index contributed by atoms with van der Waals surface area (Å²) in [6, 6.07) is 0.245. The minimum Gasteiger partial charge on any atom is -0.285 e. The summed E-state index contributed by atoms with van der Waals surface area (Å²) in [4.78, 5) is 14.0. The molecule has 2 rings (SSSR count). The normalized spacial score (nSPS) is 35.5. The maximum atomic E-state index is 11.6. The van der Waals surface area contributed by atoms with E-state index in [-0.39, 0.29) is 11.5 Å². The Morgan fingerprint density at radius 2 is 2.15 bits per heavy atom. The second-order valence-corrected chi connectivity index (χ2v) is 6.14. The minimum absolute atomic E-state index is 0.222. The molecule has 3 heteroatoms. The molecule has 0 amide bonds. The molecule has 2 aliphatic rings. The molecule has 13 heavy (non-hydrogen) atoms. The van der Waals surface area contributed by atoms with Crippen LogP contribution in [0.3, 0.4) is 0 Å². The van der Waals surface area contributed by atoms with E-state index in [1.54, 1.807) is 11.8 Å². The summed E-state index contributed by atoms with van der Waals surface area (Å²) in [5.74, 6) is 0. The molecule has 2 aliphatic heterocycles. The van der Waals surface area contributed by atoms with Crippen LogP contribution in [0, 0.1) is 5.41 Å². The third kappa shape index (κ3) is 1.52. The van der Waals surface area contributed by atoms with Crippen LogP contribution in [0.25, 0.3) is 0 Å². The molecule has 2 heterocycles. The number of hydrogen-bond donors (Lipinski definition) is 0. The monoisotopic (exact) mass is 199 g/mol. The van der Waals surface area contributed by atoms with E-state index in [1.165, 1.54) is 6.42 Å². The van der Waals surface area contributed by atoms with Gasteiger partial charge in [-0.15, -0.1) is 0 Å². The Bertz CT molecular complexity index is 234. The Morgan fingerprint density at radius 3 is 2.77 bits per heavy atom. The fourth-order valence-corrected chi connectivity index (χ4v) is 3.62. The molecule has 0 aromatic rings. The average Bonchev–Trinajstić information content (AvgIpc) is 2.51. The maximum Gasteiger partial charge on any atom is 0.207 e. The summed E-state index contributed by atoms with van der Waals surface area (Å²) < 4.78 is 0. The lowest BCUT2D eigenvalue weighted by molar-refractivity contribution is -0.113. The van der Waals surface area contributed by atoms with E-state index in [4.69, 9.17) is 0 Å². The molecular formula is C10H17NOS. The van der Waals surface area contributed by atoms with Gasteiger partial charge in [-0.2, -0.15) is 0 Å². The summed E-state index contributed by atoms with van der Waals surface area (Å²) in [5.41, 5.74) is 0.222. The van der Waals surface area contributed by atoms with Gasteiger partial charge in [0.05, 0.1) is 11.4 Å². The van der Waals surface area contributed by atoms with Crippen molar-refractivity contribution in [2.75, 3.05) is 6.54 Å². The van der Waals surface area contributed by atoms with Crippen LogP contribution in [-0.2, 0) is 4.79 Å². The van der Waals surface area contributed by atoms with Gasteiger partial charge in [0.1, 0.15) is 0 Å². The number of carbonyl (C=O) groups excluding carboxylic acids is 1. The molecule has 0 spiro atoms. The Labute approximate surface area is 84.1 Å². The molecule has 2 fully saturated rings. The molecule has 0 aromatic heterocycles. The summed E-state index contributed by atoms with van der Waals surface area (Å²) in [5, 5.41) is 0.810. The predicted octanol–water partition coefficient (Wildman–Crippen LogP) is 2.10. The van der Waals surface area contributed by atoms with Crippen LogP contribution in [-0.4, -0.2) is 28.0 Å². The highest BCUT2D eigenvalue weighted by Gasteiger charge is 2.47. The van der Waals surface area contributed by atoms with E-state index in [0.29, 0.717) is 10.5 Å². The van der Waals surface area contributed by atoms with Crippen molar-refractivity contribution >= 4 is 16.9 Å². The molecule has 0 N–H and O–H groups in total. The molecule has 2 saturated heterocycles. The number of hydrogen-bond acceptors (Lipinski definition) is 3. The molecule has 0 aromatic carbocycles. The lowest BCUT2D eigenvalue weighted by atomic mass is 9.95. The molecule has 0 radical (unpaired) electrons. The predicted molar refractivity (Wildman–Crippen MR) is 55.6 cm³/mol. The van der Waals surface area contributed by atoms with Gasteiger partial charge in [-0.25, -0.2) is 0 Å². The van der Waals surface area contributed by atoms with E-state index >= 15 is 0 Å². The first kappa shape index (κ1) is 9.53. The smallest absolute Gasteiger partial charge is 0.207 e. The summed E-state index contributed by atoms with van der Waals surface area (Å²) in [7, 11) is 0. The SMILES string of the molecule is CC(C)(C)C1SC(=O)C2CCCN21. The van der Waals surface area contributed by atoms with Gasteiger partial charge in [0.25, 0.3) is 0 Å². The van der Waals surface area contributed by atoms with E-state index in [0.717, 1.165) is 13.0 Å². The molecule has 0 bridgehead atoms. The molecule has 0 aliphatic carbocycles. The molecular weight excluding hydrogens is 182 g/mol. The average molecular weight is 199 g/mol. The largest absolute Gasteiger partial charge is 0.285 e.